The van der Waals surface area contributed by atoms with Gasteiger partial charge in [0.2, 0.25) is 5.78 Å². The molecule has 7 N–H and O–H groups in total. The molecule has 4 atom stereocenters. The van der Waals surface area contributed by atoms with E-state index in [4.69, 9.17) is 10.5 Å². The molecule has 14 heteroatoms. The SMILES string of the molecule is COc1ccc(CNCC(F)(F)F)cc1-c1ccc(O)c2c1C[C@H]1C[C@H]3C(N(C)C)C(O)=C(C(N)=O)C(=O)[C@]3(O)C(O)=C1C2=O. The van der Waals surface area contributed by atoms with E-state index in [0.29, 0.717) is 28.0 Å². The summed E-state index contributed by atoms with van der Waals surface area (Å²) >= 11 is 0. The number of ether oxygens (including phenoxy) is 1. The number of nitrogens with two attached hydrogens (primary N) is 1. The topological polar surface area (TPSA) is 183 Å². The standard InChI is InChI=1S/C31H32F3N3O8/c1-37(2)24-18-10-14-9-17-15(16-8-13(4-7-20(16)45-3)11-36-12-30(32,33)34)5-6-19(38)22(17)25(39)21(14)27(41)31(18,44)28(42)23(26(24)40)29(35)43/h4-8,14,18,24,36,38,40-41,44H,9-12H2,1-3H3,(H2,35,43)/t14-,18-,24?,31+/m0/s1. The van der Waals surface area contributed by atoms with Crippen molar-refractivity contribution < 1.29 is 52.7 Å². The summed E-state index contributed by atoms with van der Waals surface area (Å²) in [5, 5.41) is 47.4. The number of allylic oxidation sites excluding steroid dienone is 1. The van der Waals surface area contributed by atoms with Crippen molar-refractivity contribution in [2.75, 3.05) is 27.7 Å². The third-order valence-electron chi connectivity index (χ3n) is 8.81. The number of methoxy groups -OCH3 is 1. The van der Waals surface area contributed by atoms with Crippen molar-refractivity contribution in [3.8, 4) is 22.6 Å². The number of carbonyl (C=O) groups excluding carboxylic acids is 3. The number of fused-ring (bicyclic) bond motifs is 3. The van der Waals surface area contributed by atoms with E-state index in [0.717, 1.165) is 0 Å². The van der Waals surface area contributed by atoms with Crippen molar-refractivity contribution >= 4 is 17.5 Å². The lowest BCUT2D eigenvalue weighted by atomic mass is 9.58. The highest BCUT2D eigenvalue weighted by Gasteiger charge is 2.63. The number of aliphatic hydroxyl groups is 3. The molecule has 0 saturated carbocycles. The number of carbonyl (C=O) groups is 3. The van der Waals surface area contributed by atoms with Crippen molar-refractivity contribution in [3.63, 3.8) is 0 Å². The predicted octanol–water partition coefficient (Wildman–Crippen LogP) is 2.45. The number of phenolic OH excluding ortho intramolecular Hbond substituents is 1. The first-order valence-corrected chi connectivity index (χ1v) is 14.0. The van der Waals surface area contributed by atoms with Gasteiger partial charge < -0.3 is 36.2 Å². The average molecular weight is 632 g/mol. The van der Waals surface area contributed by atoms with E-state index >= 15 is 0 Å². The van der Waals surface area contributed by atoms with Crippen LogP contribution in [-0.2, 0) is 22.6 Å². The number of nitrogens with zero attached hydrogens (tertiary/aromatic N) is 1. The predicted molar refractivity (Wildman–Crippen MR) is 153 cm³/mol. The Labute approximate surface area is 255 Å². The van der Waals surface area contributed by atoms with Crippen LogP contribution < -0.4 is 15.8 Å². The summed E-state index contributed by atoms with van der Waals surface area (Å²) in [6, 6.07) is 6.42. The third kappa shape index (κ3) is 5.12. The third-order valence-corrected chi connectivity index (χ3v) is 8.81. The Kier molecular flexibility index (Phi) is 7.96. The van der Waals surface area contributed by atoms with Crippen LogP contribution in [-0.4, -0.2) is 88.4 Å². The molecule has 0 aliphatic heterocycles. The summed E-state index contributed by atoms with van der Waals surface area (Å²) in [4.78, 5) is 41.1. The summed E-state index contributed by atoms with van der Waals surface area (Å²) in [5.74, 6) is -7.27. The lowest BCUT2D eigenvalue weighted by Gasteiger charge is -2.50. The molecule has 0 fully saturated rings. The van der Waals surface area contributed by atoms with Gasteiger partial charge in [0.25, 0.3) is 5.91 Å². The van der Waals surface area contributed by atoms with Crippen molar-refractivity contribution in [3.05, 3.63) is 69.7 Å². The lowest BCUT2D eigenvalue weighted by molar-refractivity contribution is -0.148. The number of likely N-dealkylation sites (N-methyl/N-ethyl adjacent to an activating group) is 1. The minimum absolute atomic E-state index is 0.0258. The van der Waals surface area contributed by atoms with Gasteiger partial charge in [-0.05, 0) is 67.7 Å². The molecule has 0 bridgehead atoms. The molecular weight excluding hydrogens is 599 g/mol. The van der Waals surface area contributed by atoms with E-state index in [1.165, 1.54) is 32.2 Å². The van der Waals surface area contributed by atoms with E-state index in [1.807, 2.05) is 0 Å². The fourth-order valence-corrected chi connectivity index (χ4v) is 6.93. The van der Waals surface area contributed by atoms with Gasteiger partial charge >= 0.3 is 6.18 Å². The number of aliphatic hydroxyl groups excluding tert-OH is 2. The highest BCUT2D eigenvalue weighted by Crippen LogP contribution is 2.53. The molecule has 0 aromatic heterocycles. The summed E-state index contributed by atoms with van der Waals surface area (Å²) in [6.07, 6.45) is -4.48. The first kappa shape index (κ1) is 32.0. The Bertz CT molecular complexity index is 1680. The molecule has 0 saturated heterocycles. The number of benzene rings is 2. The lowest BCUT2D eigenvalue weighted by Crippen LogP contribution is -2.63. The van der Waals surface area contributed by atoms with E-state index in [1.54, 1.807) is 24.3 Å². The Balaban J connectivity index is 1.65. The highest BCUT2D eigenvalue weighted by molar-refractivity contribution is 6.25. The van der Waals surface area contributed by atoms with Crippen LogP contribution in [0, 0.1) is 11.8 Å². The molecule has 0 spiro atoms. The summed E-state index contributed by atoms with van der Waals surface area (Å²) in [7, 11) is 4.47. The van der Waals surface area contributed by atoms with Gasteiger partial charge in [-0.25, -0.2) is 0 Å². The molecule has 240 valence electrons. The smallest absolute Gasteiger partial charge is 0.401 e. The van der Waals surface area contributed by atoms with Gasteiger partial charge in [0.05, 0.1) is 25.3 Å². The minimum atomic E-state index is -4.41. The number of primary amides is 1. The first-order valence-electron chi connectivity index (χ1n) is 14.0. The second-order valence-electron chi connectivity index (χ2n) is 11.7. The number of hydrogen-bond acceptors (Lipinski definition) is 10. The van der Waals surface area contributed by atoms with E-state index in [-0.39, 0.29) is 30.5 Å². The molecule has 1 amide bonds. The van der Waals surface area contributed by atoms with Crippen LogP contribution in [0.25, 0.3) is 11.1 Å². The number of amides is 1. The van der Waals surface area contributed by atoms with Crippen LogP contribution in [0.3, 0.4) is 0 Å². The monoisotopic (exact) mass is 631 g/mol. The number of ketones is 2. The molecular formula is C31H32F3N3O8. The number of Topliss-reactive ketones (excluding diaryl/α,β-unsaturated/α-hetero) is 2. The van der Waals surface area contributed by atoms with Crippen molar-refractivity contribution in [2.24, 2.45) is 17.6 Å². The number of halogens is 3. The largest absolute Gasteiger partial charge is 0.510 e. The number of rotatable bonds is 7. The Morgan fingerprint density at radius 3 is 2.42 bits per heavy atom. The minimum Gasteiger partial charge on any atom is -0.510 e. The van der Waals surface area contributed by atoms with Crippen LogP contribution in [0.4, 0.5) is 13.2 Å². The molecule has 2 aromatic carbocycles. The van der Waals surface area contributed by atoms with Crippen LogP contribution in [0.2, 0.25) is 0 Å². The summed E-state index contributed by atoms with van der Waals surface area (Å²) in [5.41, 5.74) is 2.91. The highest BCUT2D eigenvalue weighted by atomic mass is 19.4. The molecule has 3 aliphatic rings. The van der Waals surface area contributed by atoms with Gasteiger partial charge in [0, 0.05) is 23.6 Å². The van der Waals surface area contributed by atoms with E-state index < -0.39 is 76.5 Å². The molecule has 5 rings (SSSR count). The molecule has 11 nitrogen and oxygen atoms in total. The van der Waals surface area contributed by atoms with Gasteiger partial charge in [-0.3, -0.25) is 19.3 Å². The van der Waals surface area contributed by atoms with Crippen molar-refractivity contribution in [1.82, 2.24) is 10.2 Å². The second kappa shape index (κ2) is 11.2. The maximum atomic E-state index is 14.0. The fraction of sp³-hybridized carbons (Fsp3) is 0.387. The molecule has 45 heavy (non-hydrogen) atoms. The zero-order valence-corrected chi connectivity index (χ0v) is 24.5. The maximum absolute atomic E-state index is 14.0. The van der Waals surface area contributed by atoms with Gasteiger partial charge in [-0.2, -0.15) is 13.2 Å². The van der Waals surface area contributed by atoms with Gasteiger partial charge in [-0.1, -0.05) is 12.1 Å². The van der Waals surface area contributed by atoms with Crippen molar-refractivity contribution in [2.45, 2.75) is 37.2 Å². The van der Waals surface area contributed by atoms with Gasteiger partial charge in [-0.15, -0.1) is 0 Å². The molecule has 0 radical (unpaired) electrons. The second-order valence-corrected chi connectivity index (χ2v) is 11.7. The number of hydrogen-bond donors (Lipinski definition) is 6. The number of nitrogens with one attached hydrogen (secondary N) is 1. The zero-order chi connectivity index (χ0) is 33.2. The molecule has 3 aliphatic carbocycles. The Hall–Kier alpha value is -4.40. The number of aromatic hydroxyl groups is 1. The molecule has 0 heterocycles. The average Bonchev–Trinajstić information content (AvgIpc) is 2.94. The van der Waals surface area contributed by atoms with Gasteiger partial charge in [0.1, 0.15) is 28.6 Å². The molecule has 2 aromatic rings. The van der Waals surface area contributed by atoms with Crippen LogP contribution in [0.1, 0.15) is 27.9 Å². The quantitative estimate of drug-likeness (QED) is 0.248. The van der Waals surface area contributed by atoms with E-state index in [2.05, 4.69) is 5.32 Å². The first-order chi connectivity index (χ1) is 21.0. The Morgan fingerprint density at radius 2 is 1.82 bits per heavy atom. The summed E-state index contributed by atoms with van der Waals surface area (Å²) in [6.45, 7) is -1.32. The van der Waals surface area contributed by atoms with Gasteiger partial charge in [0.15, 0.2) is 11.4 Å². The van der Waals surface area contributed by atoms with Crippen LogP contribution in [0.15, 0.2) is 53.0 Å². The maximum Gasteiger partial charge on any atom is 0.401 e. The van der Waals surface area contributed by atoms with Crippen LogP contribution in [0.5, 0.6) is 11.5 Å². The normalized spacial score (nSPS) is 24.8. The fourth-order valence-electron chi connectivity index (χ4n) is 6.93. The molecule has 1 unspecified atom stereocenters. The number of alkyl halides is 3. The van der Waals surface area contributed by atoms with Crippen LogP contribution >= 0.6 is 0 Å². The Morgan fingerprint density at radius 1 is 1.13 bits per heavy atom. The number of phenols is 1. The van der Waals surface area contributed by atoms with Crippen molar-refractivity contribution in [1.29, 1.82) is 0 Å². The zero-order valence-electron chi connectivity index (χ0n) is 24.5. The summed E-state index contributed by atoms with van der Waals surface area (Å²) < 4.78 is 43.6. The van der Waals surface area contributed by atoms with E-state index in [9.17, 15) is 48.0 Å².